The topological polar surface area (TPSA) is 72.6 Å². The number of hydrogen-bond donors (Lipinski definition) is 1. The van der Waals surface area contributed by atoms with E-state index < -0.39 is 23.9 Å². The highest BCUT2D eigenvalue weighted by molar-refractivity contribution is 5.83. The van der Waals surface area contributed by atoms with E-state index in [1.54, 1.807) is 4.90 Å². The van der Waals surface area contributed by atoms with Crippen LogP contribution in [0.2, 0.25) is 0 Å². The van der Waals surface area contributed by atoms with Crippen molar-refractivity contribution < 1.29 is 18.7 Å². The fourth-order valence-corrected chi connectivity index (χ4v) is 2.46. The normalized spacial score (nSPS) is 17.4. The van der Waals surface area contributed by atoms with Crippen molar-refractivity contribution in [2.75, 3.05) is 13.1 Å². The molecule has 0 aromatic heterocycles. The van der Waals surface area contributed by atoms with Crippen LogP contribution in [0.5, 0.6) is 0 Å². The largest absolute Gasteiger partial charge is 0.455 e. The Morgan fingerprint density at radius 3 is 2.33 bits per heavy atom. The van der Waals surface area contributed by atoms with Crippen LogP contribution in [0, 0.1) is 5.82 Å². The van der Waals surface area contributed by atoms with Crippen LogP contribution >= 0.6 is 0 Å². The first kappa shape index (κ1) is 15.4. The number of nitrogens with two attached hydrogens (primary N) is 1. The van der Waals surface area contributed by atoms with Crippen molar-refractivity contribution in [3.05, 3.63) is 35.6 Å². The standard InChI is InChI=1S/C15H19FN2O3/c1-10(19)21-14(11-4-6-12(16)7-5-11)13(17)15(20)18-8-2-3-9-18/h4-7,13-14H,2-3,8-9,17H2,1H3/t13-,14+/m1/s1. The quantitative estimate of drug-likeness (QED) is 0.852. The Kier molecular flexibility index (Phi) is 4.90. The molecular formula is C15H19FN2O3. The average molecular weight is 294 g/mol. The second kappa shape index (κ2) is 6.67. The van der Waals surface area contributed by atoms with Gasteiger partial charge < -0.3 is 15.4 Å². The van der Waals surface area contributed by atoms with Crippen molar-refractivity contribution in [2.45, 2.75) is 31.9 Å². The second-order valence-electron chi connectivity index (χ2n) is 5.14. The van der Waals surface area contributed by atoms with Gasteiger partial charge in [-0.2, -0.15) is 0 Å². The molecule has 0 spiro atoms. The van der Waals surface area contributed by atoms with Crippen LogP contribution in [0.4, 0.5) is 4.39 Å². The molecule has 1 aromatic carbocycles. The molecule has 1 aliphatic heterocycles. The molecule has 0 unspecified atom stereocenters. The molecule has 1 fully saturated rings. The molecule has 1 heterocycles. The number of esters is 1. The fraction of sp³-hybridized carbons (Fsp3) is 0.467. The monoisotopic (exact) mass is 294 g/mol. The van der Waals surface area contributed by atoms with E-state index in [-0.39, 0.29) is 5.91 Å². The summed E-state index contributed by atoms with van der Waals surface area (Å²) in [5.41, 5.74) is 6.50. The third-order valence-corrected chi connectivity index (χ3v) is 3.52. The van der Waals surface area contributed by atoms with Gasteiger partial charge >= 0.3 is 5.97 Å². The van der Waals surface area contributed by atoms with Crippen molar-refractivity contribution >= 4 is 11.9 Å². The van der Waals surface area contributed by atoms with Crippen molar-refractivity contribution in [1.29, 1.82) is 0 Å². The highest BCUT2D eigenvalue weighted by Crippen LogP contribution is 2.23. The summed E-state index contributed by atoms with van der Waals surface area (Å²) < 4.78 is 18.2. The maximum Gasteiger partial charge on any atom is 0.303 e. The molecule has 5 nitrogen and oxygen atoms in total. The van der Waals surface area contributed by atoms with E-state index >= 15 is 0 Å². The molecule has 1 aromatic rings. The molecule has 2 rings (SSSR count). The zero-order valence-electron chi connectivity index (χ0n) is 11.9. The average Bonchev–Trinajstić information content (AvgIpc) is 2.98. The molecule has 21 heavy (non-hydrogen) atoms. The fourth-order valence-electron chi connectivity index (χ4n) is 2.46. The number of ether oxygens (including phenoxy) is 1. The number of hydrogen-bond acceptors (Lipinski definition) is 4. The summed E-state index contributed by atoms with van der Waals surface area (Å²) in [6.45, 7) is 2.59. The predicted molar refractivity (Wildman–Crippen MR) is 74.7 cm³/mol. The molecule has 2 atom stereocenters. The Hall–Kier alpha value is -1.95. The van der Waals surface area contributed by atoms with E-state index in [9.17, 15) is 14.0 Å². The molecule has 114 valence electrons. The van der Waals surface area contributed by atoms with Crippen molar-refractivity contribution in [3.63, 3.8) is 0 Å². The van der Waals surface area contributed by atoms with Gasteiger partial charge in [-0.1, -0.05) is 12.1 Å². The first-order chi connectivity index (χ1) is 9.99. The highest BCUT2D eigenvalue weighted by atomic mass is 19.1. The number of carbonyl (C=O) groups excluding carboxylic acids is 2. The van der Waals surface area contributed by atoms with Crippen LogP contribution < -0.4 is 5.73 Å². The third-order valence-electron chi connectivity index (χ3n) is 3.52. The van der Waals surface area contributed by atoms with E-state index in [2.05, 4.69) is 0 Å². The van der Waals surface area contributed by atoms with Gasteiger partial charge in [-0.15, -0.1) is 0 Å². The van der Waals surface area contributed by atoms with Crippen LogP contribution in [-0.2, 0) is 14.3 Å². The smallest absolute Gasteiger partial charge is 0.303 e. The first-order valence-corrected chi connectivity index (χ1v) is 6.96. The van der Waals surface area contributed by atoms with E-state index in [1.807, 2.05) is 0 Å². The lowest BCUT2D eigenvalue weighted by molar-refractivity contribution is -0.151. The summed E-state index contributed by atoms with van der Waals surface area (Å²) in [5, 5.41) is 0. The van der Waals surface area contributed by atoms with Gasteiger partial charge in [-0.05, 0) is 30.5 Å². The second-order valence-corrected chi connectivity index (χ2v) is 5.14. The number of benzene rings is 1. The Labute approximate surface area is 122 Å². The van der Waals surface area contributed by atoms with E-state index in [4.69, 9.17) is 10.5 Å². The maximum absolute atomic E-state index is 13.0. The van der Waals surface area contributed by atoms with Gasteiger partial charge in [0.05, 0.1) is 0 Å². The zero-order valence-corrected chi connectivity index (χ0v) is 11.9. The molecule has 0 bridgehead atoms. The number of halogens is 1. The van der Waals surface area contributed by atoms with Crippen LogP contribution in [-0.4, -0.2) is 35.9 Å². The van der Waals surface area contributed by atoms with Crippen LogP contribution in [0.1, 0.15) is 31.4 Å². The molecule has 1 aliphatic rings. The van der Waals surface area contributed by atoms with Crippen molar-refractivity contribution in [3.8, 4) is 0 Å². The summed E-state index contributed by atoms with van der Waals surface area (Å²) in [5.74, 6) is -1.18. The molecule has 2 N–H and O–H groups in total. The molecular weight excluding hydrogens is 275 g/mol. The summed E-state index contributed by atoms with van der Waals surface area (Å²) in [6.07, 6.45) is 0.997. The van der Waals surface area contributed by atoms with Gasteiger partial charge in [0.2, 0.25) is 5.91 Å². The lowest BCUT2D eigenvalue weighted by Gasteiger charge is -2.27. The van der Waals surface area contributed by atoms with Gasteiger partial charge in [-0.3, -0.25) is 9.59 Å². The number of carbonyl (C=O) groups is 2. The molecule has 1 saturated heterocycles. The Morgan fingerprint density at radius 1 is 1.24 bits per heavy atom. The van der Waals surface area contributed by atoms with E-state index in [0.717, 1.165) is 12.8 Å². The van der Waals surface area contributed by atoms with Crippen molar-refractivity contribution in [2.24, 2.45) is 5.73 Å². The predicted octanol–water partition coefficient (Wildman–Crippen LogP) is 1.38. The summed E-state index contributed by atoms with van der Waals surface area (Å²) in [4.78, 5) is 25.3. The van der Waals surface area contributed by atoms with Crippen LogP contribution in [0.3, 0.4) is 0 Å². The Morgan fingerprint density at radius 2 is 1.81 bits per heavy atom. The minimum absolute atomic E-state index is 0.247. The molecule has 0 saturated carbocycles. The SMILES string of the molecule is CC(=O)O[C@@H](c1ccc(F)cc1)[C@@H](N)C(=O)N1CCCC1. The number of rotatable bonds is 4. The van der Waals surface area contributed by atoms with Gasteiger partial charge in [0.15, 0.2) is 6.10 Å². The first-order valence-electron chi connectivity index (χ1n) is 6.96. The minimum atomic E-state index is -0.988. The lowest BCUT2D eigenvalue weighted by atomic mass is 10.0. The third kappa shape index (κ3) is 3.78. The summed E-state index contributed by atoms with van der Waals surface area (Å²) >= 11 is 0. The maximum atomic E-state index is 13.0. The van der Waals surface area contributed by atoms with Gasteiger partial charge in [0.25, 0.3) is 0 Å². The van der Waals surface area contributed by atoms with Crippen LogP contribution in [0.15, 0.2) is 24.3 Å². The van der Waals surface area contributed by atoms with Crippen molar-refractivity contribution in [1.82, 2.24) is 4.90 Å². The molecule has 0 radical (unpaired) electrons. The zero-order chi connectivity index (χ0) is 15.4. The summed E-state index contributed by atoms with van der Waals surface area (Å²) in [6, 6.07) is 4.45. The lowest BCUT2D eigenvalue weighted by Crippen LogP contribution is -2.46. The number of amides is 1. The minimum Gasteiger partial charge on any atom is -0.455 e. The Balaban J connectivity index is 2.19. The highest BCUT2D eigenvalue weighted by Gasteiger charge is 2.33. The van der Waals surface area contributed by atoms with Gasteiger partial charge in [-0.25, -0.2) is 4.39 Å². The van der Waals surface area contributed by atoms with Crippen LogP contribution in [0.25, 0.3) is 0 Å². The van der Waals surface area contributed by atoms with Gasteiger partial charge in [0, 0.05) is 20.0 Å². The Bertz CT molecular complexity index is 512. The summed E-state index contributed by atoms with van der Waals surface area (Å²) in [7, 11) is 0. The number of likely N-dealkylation sites (tertiary alicyclic amines) is 1. The number of nitrogens with zero attached hydrogens (tertiary/aromatic N) is 1. The molecule has 1 amide bonds. The van der Waals surface area contributed by atoms with E-state index in [0.29, 0.717) is 18.7 Å². The van der Waals surface area contributed by atoms with E-state index in [1.165, 1.54) is 31.2 Å². The molecule has 6 heteroatoms. The molecule has 0 aliphatic carbocycles. The van der Waals surface area contributed by atoms with Gasteiger partial charge in [0.1, 0.15) is 11.9 Å².